The summed E-state index contributed by atoms with van der Waals surface area (Å²) in [6.45, 7) is 9.39. The zero-order chi connectivity index (χ0) is 19.0. The van der Waals surface area contributed by atoms with E-state index in [9.17, 15) is 4.79 Å². The molecule has 1 fully saturated rings. The Balaban J connectivity index is 1.52. The first kappa shape index (κ1) is 17.9. The van der Waals surface area contributed by atoms with Gasteiger partial charge in [0.25, 0.3) is 5.91 Å². The summed E-state index contributed by atoms with van der Waals surface area (Å²) in [7, 11) is 0. The van der Waals surface area contributed by atoms with Gasteiger partial charge in [-0.25, -0.2) is 0 Å². The van der Waals surface area contributed by atoms with Crippen LogP contribution in [-0.4, -0.2) is 46.8 Å². The minimum atomic E-state index is -0.114. The molecule has 1 aromatic carbocycles. The van der Waals surface area contributed by atoms with Crippen LogP contribution < -0.4 is 10.2 Å². The average molecular weight is 385 g/mol. The lowest BCUT2D eigenvalue weighted by Crippen LogP contribution is -2.36. The molecule has 142 valence electrons. The van der Waals surface area contributed by atoms with Crippen molar-refractivity contribution in [2.45, 2.75) is 26.7 Å². The van der Waals surface area contributed by atoms with E-state index in [1.54, 1.807) is 0 Å². The highest BCUT2D eigenvalue weighted by Crippen LogP contribution is 2.27. The van der Waals surface area contributed by atoms with Gasteiger partial charge in [-0.1, -0.05) is 25.2 Å². The SMILES string of the molecule is Cc1c(C(=O)Nc2ccc(N3CCOCC3)cc2)sc2nnc(C(C)C)n12. The standard InChI is InChI=1S/C19H23N5O2S/c1-12(2)17-21-22-19-24(17)13(3)16(27-19)18(25)20-14-4-6-15(7-5-14)23-8-10-26-11-9-23/h4-7,12H,8-11H2,1-3H3,(H,20,25). The number of thiazole rings is 1. The Kier molecular flexibility index (Phi) is 4.84. The third-order valence-corrected chi connectivity index (χ3v) is 5.87. The summed E-state index contributed by atoms with van der Waals surface area (Å²) in [4.78, 5) is 16.5. The Hall–Kier alpha value is -2.45. The van der Waals surface area contributed by atoms with Crippen LogP contribution in [0.2, 0.25) is 0 Å². The molecule has 0 atom stereocenters. The van der Waals surface area contributed by atoms with E-state index in [2.05, 4.69) is 34.3 Å². The van der Waals surface area contributed by atoms with Gasteiger partial charge in [0.15, 0.2) is 0 Å². The lowest BCUT2D eigenvalue weighted by molar-refractivity contribution is 0.102. The zero-order valence-corrected chi connectivity index (χ0v) is 16.5. The van der Waals surface area contributed by atoms with Gasteiger partial charge in [-0.15, -0.1) is 10.2 Å². The van der Waals surface area contributed by atoms with E-state index < -0.39 is 0 Å². The van der Waals surface area contributed by atoms with Crippen molar-refractivity contribution in [1.29, 1.82) is 0 Å². The van der Waals surface area contributed by atoms with E-state index in [1.165, 1.54) is 11.3 Å². The largest absolute Gasteiger partial charge is 0.378 e. The number of aryl methyl sites for hydroxylation is 1. The van der Waals surface area contributed by atoms with Crippen molar-refractivity contribution >= 4 is 33.6 Å². The molecular weight excluding hydrogens is 362 g/mol. The highest BCUT2D eigenvalue weighted by atomic mass is 32.1. The van der Waals surface area contributed by atoms with Crippen molar-refractivity contribution in [2.24, 2.45) is 0 Å². The molecule has 0 spiro atoms. The summed E-state index contributed by atoms with van der Waals surface area (Å²) < 4.78 is 7.37. The highest BCUT2D eigenvalue weighted by molar-refractivity contribution is 7.19. The van der Waals surface area contributed by atoms with Gasteiger partial charge in [0.05, 0.1) is 13.2 Å². The van der Waals surface area contributed by atoms with Crippen LogP contribution in [0.4, 0.5) is 11.4 Å². The molecule has 0 bridgehead atoms. The lowest BCUT2D eigenvalue weighted by Gasteiger charge is -2.28. The predicted octanol–water partition coefficient (Wildman–Crippen LogP) is 3.31. The summed E-state index contributed by atoms with van der Waals surface area (Å²) in [6, 6.07) is 7.96. The van der Waals surface area contributed by atoms with E-state index in [1.807, 2.05) is 35.6 Å². The smallest absolute Gasteiger partial charge is 0.267 e. The maximum absolute atomic E-state index is 12.8. The van der Waals surface area contributed by atoms with Gasteiger partial charge < -0.3 is 15.0 Å². The molecule has 1 amide bonds. The Labute approximate surface area is 162 Å². The van der Waals surface area contributed by atoms with Gasteiger partial charge in [-0.2, -0.15) is 0 Å². The van der Waals surface area contributed by atoms with Crippen molar-refractivity contribution in [3.63, 3.8) is 0 Å². The topological polar surface area (TPSA) is 71.8 Å². The summed E-state index contributed by atoms with van der Waals surface area (Å²) in [5.41, 5.74) is 2.81. The van der Waals surface area contributed by atoms with Gasteiger partial charge in [-0.05, 0) is 31.2 Å². The van der Waals surface area contributed by atoms with Crippen LogP contribution >= 0.6 is 11.3 Å². The minimum Gasteiger partial charge on any atom is -0.378 e. The van der Waals surface area contributed by atoms with Crippen molar-refractivity contribution in [3.05, 3.63) is 40.7 Å². The molecule has 1 aliphatic rings. The molecule has 0 aliphatic carbocycles. The van der Waals surface area contributed by atoms with Crippen LogP contribution in [0, 0.1) is 6.92 Å². The zero-order valence-electron chi connectivity index (χ0n) is 15.7. The number of amides is 1. The van der Waals surface area contributed by atoms with Crippen LogP contribution in [-0.2, 0) is 4.74 Å². The quantitative estimate of drug-likeness (QED) is 0.746. The molecule has 3 heterocycles. The molecule has 7 nitrogen and oxygen atoms in total. The average Bonchev–Trinajstić information content (AvgIpc) is 3.24. The number of hydrogen-bond donors (Lipinski definition) is 1. The number of nitrogens with zero attached hydrogens (tertiary/aromatic N) is 4. The second-order valence-electron chi connectivity index (χ2n) is 6.95. The molecule has 1 saturated heterocycles. The number of hydrogen-bond acceptors (Lipinski definition) is 6. The molecular formula is C19H23N5O2S. The fourth-order valence-electron chi connectivity index (χ4n) is 3.28. The Morgan fingerprint density at radius 1 is 1.19 bits per heavy atom. The Bertz CT molecular complexity index is 955. The summed E-state index contributed by atoms with van der Waals surface area (Å²) in [5, 5.41) is 11.4. The number of carbonyl (C=O) groups is 1. The fourth-order valence-corrected chi connectivity index (χ4v) is 4.25. The van der Waals surface area contributed by atoms with Crippen LogP contribution in [0.15, 0.2) is 24.3 Å². The lowest BCUT2D eigenvalue weighted by atomic mass is 10.2. The first-order valence-electron chi connectivity index (χ1n) is 9.13. The Morgan fingerprint density at radius 3 is 2.56 bits per heavy atom. The number of anilines is 2. The maximum Gasteiger partial charge on any atom is 0.267 e. The first-order chi connectivity index (χ1) is 13.0. The molecule has 27 heavy (non-hydrogen) atoms. The van der Waals surface area contributed by atoms with Crippen LogP contribution in [0.1, 0.15) is 41.0 Å². The molecule has 1 N–H and O–H groups in total. The number of rotatable bonds is 4. The van der Waals surface area contributed by atoms with Gasteiger partial charge in [0.2, 0.25) is 4.96 Å². The number of benzene rings is 1. The second-order valence-corrected chi connectivity index (χ2v) is 7.93. The molecule has 2 aromatic heterocycles. The second kappa shape index (κ2) is 7.28. The van der Waals surface area contributed by atoms with E-state index in [0.29, 0.717) is 4.88 Å². The third-order valence-electron chi connectivity index (χ3n) is 4.74. The maximum atomic E-state index is 12.8. The van der Waals surface area contributed by atoms with Gasteiger partial charge in [0, 0.05) is 36.1 Å². The van der Waals surface area contributed by atoms with Crippen LogP contribution in [0.25, 0.3) is 4.96 Å². The monoisotopic (exact) mass is 385 g/mol. The molecule has 0 saturated carbocycles. The van der Waals surface area contributed by atoms with Crippen molar-refractivity contribution in [3.8, 4) is 0 Å². The van der Waals surface area contributed by atoms with Crippen molar-refractivity contribution < 1.29 is 9.53 Å². The molecule has 1 aliphatic heterocycles. The Morgan fingerprint density at radius 2 is 1.89 bits per heavy atom. The number of aromatic nitrogens is 3. The first-order valence-corrected chi connectivity index (χ1v) is 9.95. The summed E-state index contributed by atoms with van der Waals surface area (Å²) in [6.07, 6.45) is 0. The number of ether oxygens (including phenoxy) is 1. The van der Waals surface area contributed by atoms with Gasteiger partial charge in [0.1, 0.15) is 10.7 Å². The van der Waals surface area contributed by atoms with Gasteiger partial charge >= 0.3 is 0 Å². The highest BCUT2D eigenvalue weighted by Gasteiger charge is 2.21. The van der Waals surface area contributed by atoms with E-state index >= 15 is 0 Å². The van der Waals surface area contributed by atoms with E-state index in [4.69, 9.17) is 4.74 Å². The van der Waals surface area contributed by atoms with Gasteiger partial charge in [-0.3, -0.25) is 9.20 Å². The molecule has 0 radical (unpaired) electrons. The van der Waals surface area contributed by atoms with E-state index in [0.717, 1.165) is 54.2 Å². The van der Waals surface area contributed by atoms with Crippen LogP contribution in [0.3, 0.4) is 0 Å². The molecule has 4 rings (SSSR count). The predicted molar refractivity (Wildman–Crippen MR) is 107 cm³/mol. The molecule has 3 aromatic rings. The third kappa shape index (κ3) is 3.42. The number of carbonyl (C=O) groups excluding carboxylic acids is 1. The van der Waals surface area contributed by atoms with Crippen molar-refractivity contribution in [2.75, 3.05) is 36.5 Å². The number of fused-ring (bicyclic) bond motifs is 1. The fraction of sp³-hybridized carbons (Fsp3) is 0.421. The summed E-state index contributed by atoms with van der Waals surface area (Å²) >= 11 is 1.37. The minimum absolute atomic E-state index is 0.114. The number of morpholine rings is 1. The summed E-state index contributed by atoms with van der Waals surface area (Å²) in [5.74, 6) is 1.02. The molecule has 0 unspecified atom stereocenters. The van der Waals surface area contributed by atoms with Crippen LogP contribution in [0.5, 0.6) is 0 Å². The van der Waals surface area contributed by atoms with E-state index in [-0.39, 0.29) is 11.8 Å². The normalized spacial score (nSPS) is 14.9. The van der Waals surface area contributed by atoms with Crippen molar-refractivity contribution in [1.82, 2.24) is 14.6 Å². The number of nitrogens with one attached hydrogen (secondary N) is 1. The molecule has 8 heteroatoms.